The summed E-state index contributed by atoms with van der Waals surface area (Å²) in [5.41, 5.74) is 0. The minimum absolute atomic E-state index is 0.265. The third-order valence-electron chi connectivity index (χ3n) is 5.87. The summed E-state index contributed by atoms with van der Waals surface area (Å²) in [7, 11) is -3.41. The van der Waals surface area contributed by atoms with E-state index in [0.29, 0.717) is 36.9 Å². The maximum atomic E-state index is 12.8. The highest BCUT2D eigenvalue weighted by atomic mass is 32.2. The van der Waals surface area contributed by atoms with Gasteiger partial charge in [0.25, 0.3) is 0 Å². The molecule has 2 aliphatic rings. The number of amides is 1. The zero-order chi connectivity index (χ0) is 22.1. The van der Waals surface area contributed by atoms with Gasteiger partial charge < -0.3 is 15.5 Å². The fourth-order valence-corrected chi connectivity index (χ4v) is 5.54. The number of nitrogens with zero attached hydrogens (tertiary/aromatic N) is 3. The number of guanidine groups is 1. The SMILES string of the molecule is CCNC(=NCC1CCN(S(=O)(=O)c2ccccc2)CC1)NCCCN1CCCC1=O. The molecule has 1 aromatic carbocycles. The summed E-state index contributed by atoms with van der Waals surface area (Å²) in [6.07, 6.45) is 4.18. The molecule has 9 heteroatoms. The molecule has 3 rings (SSSR count). The van der Waals surface area contributed by atoms with Gasteiger partial charge in [-0.1, -0.05) is 18.2 Å². The minimum Gasteiger partial charge on any atom is -0.357 e. The number of carbonyl (C=O) groups excluding carboxylic acids is 1. The van der Waals surface area contributed by atoms with Gasteiger partial charge in [-0.2, -0.15) is 4.31 Å². The normalized spacial score (nSPS) is 19.1. The Kier molecular flexibility index (Phi) is 8.71. The van der Waals surface area contributed by atoms with Gasteiger partial charge in [0.2, 0.25) is 15.9 Å². The summed E-state index contributed by atoms with van der Waals surface area (Å²) in [4.78, 5) is 18.7. The Balaban J connectivity index is 1.42. The molecular weight excluding hydrogens is 414 g/mol. The highest BCUT2D eigenvalue weighted by molar-refractivity contribution is 7.89. The minimum atomic E-state index is -3.41. The van der Waals surface area contributed by atoms with Crippen LogP contribution in [0.15, 0.2) is 40.2 Å². The van der Waals surface area contributed by atoms with E-state index in [1.54, 1.807) is 28.6 Å². The molecule has 2 saturated heterocycles. The number of hydrogen-bond donors (Lipinski definition) is 2. The van der Waals surface area contributed by atoms with Crippen molar-refractivity contribution in [1.82, 2.24) is 19.8 Å². The Morgan fingerprint density at radius 3 is 2.52 bits per heavy atom. The molecule has 0 aromatic heterocycles. The van der Waals surface area contributed by atoms with E-state index in [1.165, 1.54) is 0 Å². The van der Waals surface area contributed by atoms with E-state index >= 15 is 0 Å². The Morgan fingerprint density at radius 1 is 1.13 bits per heavy atom. The van der Waals surface area contributed by atoms with E-state index in [1.807, 2.05) is 17.9 Å². The van der Waals surface area contributed by atoms with E-state index in [2.05, 4.69) is 10.6 Å². The zero-order valence-corrected chi connectivity index (χ0v) is 19.2. The largest absolute Gasteiger partial charge is 0.357 e. The maximum Gasteiger partial charge on any atom is 0.243 e. The van der Waals surface area contributed by atoms with Gasteiger partial charge in [0.1, 0.15) is 0 Å². The topological polar surface area (TPSA) is 94.1 Å². The lowest BCUT2D eigenvalue weighted by Crippen LogP contribution is -2.41. The molecule has 0 aliphatic carbocycles. The first-order chi connectivity index (χ1) is 15.0. The molecule has 0 bridgehead atoms. The molecule has 1 aromatic rings. The van der Waals surface area contributed by atoms with Gasteiger partial charge in [0.05, 0.1) is 4.90 Å². The number of carbonyl (C=O) groups is 1. The zero-order valence-electron chi connectivity index (χ0n) is 18.4. The number of hydrogen-bond acceptors (Lipinski definition) is 4. The van der Waals surface area contributed by atoms with Crippen molar-refractivity contribution < 1.29 is 13.2 Å². The predicted molar refractivity (Wildman–Crippen MR) is 122 cm³/mol. The number of benzene rings is 1. The van der Waals surface area contributed by atoms with Crippen LogP contribution in [0.3, 0.4) is 0 Å². The van der Waals surface area contributed by atoms with Crippen LogP contribution >= 0.6 is 0 Å². The molecule has 0 spiro atoms. The predicted octanol–water partition coefficient (Wildman–Crippen LogP) is 1.65. The lowest BCUT2D eigenvalue weighted by molar-refractivity contribution is -0.127. The Labute approximate surface area is 186 Å². The average molecular weight is 450 g/mol. The molecule has 8 nitrogen and oxygen atoms in total. The maximum absolute atomic E-state index is 12.8. The van der Waals surface area contributed by atoms with Gasteiger partial charge in [-0.25, -0.2) is 8.42 Å². The van der Waals surface area contributed by atoms with Crippen LogP contribution in [0, 0.1) is 5.92 Å². The number of sulfonamides is 1. The quantitative estimate of drug-likeness (QED) is 0.340. The van der Waals surface area contributed by atoms with Gasteiger partial charge in [0.15, 0.2) is 5.96 Å². The third-order valence-corrected chi connectivity index (χ3v) is 7.79. The van der Waals surface area contributed by atoms with Crippen LogP contribution in [0.2, 0.25) is 0 Å². The first kappa shape index (κ1) is 23.5. The van der Waals surface area contributed by atoms with Gasteiger partial charge in [0, 0.05) is 52.2 Å². The number of piperidine rings is 1. The van der Waals surface area contributed by atoms with Gasteiger partial charge in [-0.05, 0) is 50.7 Å². The second-order valence-corrected chi connectivity index (χ2v) is 10.1. The standard InChI is InChI=1S/C22H35N5O3S/c1-2-23-22(24-13-7-15-26-14-6-10-21(26)28)25-18-19-11-16-27(17-12-19)31(29,30)20-8-4-3-5-9-20/h3-5,8-9,19H,2,6-7,10-18H2,1H3,(H2,23,24,25). The lowest BCUT2D eigenvalue weighted by Gasteiger charge is -2.30. The van der Waals surface area contributed by atoms with E-state index < -0.39 is 10.0 Å². The van der Waals surface area contributed by atoms with Crippen molar-refractivity contribution in [1.29, 1.82) is 0 Å². The van der Waals surface area contributed by atoms with Gasteiger partial charge >= 0.3 is 0 Å². The molecular formula is C22H35N5O3S. The fraction of sp³-hybridized carbons (Fsp3) is 0.636. The summed E-state index contributed by atoms with van der Waals surface area (Å²) in [6.45, 7) is 7.00. The van der Waals surface area contributed by atoms with Gasteiger partial charge in [-0.3, -0.25) is 9.79 Å². The number of aliphatic imine (C=N–C) groups is 1. The average Bonchev–Trinajstić information content (AvgIpc) is 3.20. The van der Waals surface area contributed by atoms with E-state index in [-0.39, 0.29) is 5.91 Å². The van der Waals surface area contributed by atoms with Crippen LogP contribution in [0.4, 0.5) is 0 Å². The Hall–Kier alpha value is -2.13. The van der Waals surface area contributed by atoms with Crippen molar-refractivity contribution in [3.05, 3.63) is 30.3 Å². The van der Waals surface area contributed by atoms with Crippen LogP contribution in [0.25, 0.3) is 0 Å². The van der Waals surface area contributed by atoms with Crippen LogP contribution in [0.1, 0.15) is 39.0 Å². The molecule has 0 radical (unpaired) electrons. The smallest absolute Gasteiger partial charge is 0.243 e. The number of rotatable bonds is 9. The Bertz CT molecular complexity index is 836. The summed E-state index contributed by atoms with van der Waals surface area (Å²) in [5, 5.41) is 6.61. The van der Waals surface area contributed by atoms with Crippen molar-refractivity contribution in [3.63, 3.8) is 0 Å². The molecule has 1 amide bonds. The lowest BCUT2D eigenvalue weighted by atomic mass is 9.98. The molecule has 172 valence electrons. The number of nitrogens with one attached hydrogen (secondary N) is 2. The molecule has 2 fully saturated rings. The van der Waals surface area contributed by atoms with Gasteiger partial charge in [-0.15, -0.1) is 0 Å². The molecule has 0 unspecified atom stereocenters. The van der Waals surface area contributed by atoms with Crippen molar-refractivity contribution in [2.45, 2.75) is 43.9 Å². The fourth-order valence-electron chi connectivity index (χ4n) is 4.05. The summed E-state index contributed by atoms with van der Waals surface area (Å²) in [5.74, 6) is 1.43. The van der Waals surface area contributed by atoms with Crippen molar-refractivity contribution in [2.75, 3.05) is 45.8 Å². The second-order valence-electron chi connectivity index (χ2n) is 8.14. The van der Waals surface area contributed by atoms with Crippen molar-refractivity contribution >= 4 is 21.9 Å². The molecule has 2 N–H and O–H groups in total. The molecule has 2 aliphatic heterocycles. The molecule has 0 atom stereocenters. The van der Waals surface area contributed by atoms with Crippen LogP contribution < -0.4 is 10.6 Å². The molecule has 2 heterocycles. The van der Waals surface area contributed by atoms with E-state index in [0.717, 1.165) is 57.8 Å². The first-order valence-electron chi connectivity index (χ1n) is 11.4. The third kappa shape index (κ3) is 6.67. The van der Waals surface area contributed by atoms with Crippen LogP contribution in [-0.4, -0.2) is 75.3 Å². The number of likely N-dealkylation sites (tertiary alicyclic amines) is 1. The van der Waals surface area contributed by atoms with Crippen molar-refractivity contribution in [2.24, 2.45) is 10.9 Å². The van der Waals surface area contributed by atoms with E-state index in [4.69, 9.17) is 4.99 Å². The summed E-state index contributed by atoms with van der Waals surface area (Å²) >= 11 is 0. The highest BCUT2D eigenvalue weighted by Gasteiger charge is 2.29. The molecule has 31 heavy (non-hydrogen) atoms. The Morgan fingerprint density at radius 2 is 1.87 bits per heavy atom. The van der Waals surface area contributed by atoms with Crippen LogP contribution in [0.5, 0.6) is 0 Å². The molecule has 0 saturated carbocycles. The first-order valence-corrected chi connectivity index (χ1v) is 12.8. The summed E-state index contributed by atoms with van der Waals surface area (Å²) in [6, 6.07) is 8.64. The van der Waals surface area contributed by atoms with Crippen LogP contribution in [-0.2, 0) is 14.8 Å². The monoisotopic (exact) mass is 449 g/mol. The highest BCUT2D eigenvalue weighted by Crippen LogP contribution is 2.23. The second kappa shape index (κ2) is 11.5. The summed E-state index contributed by atoms with van der Waals surface area (Å²) < 4.78 is 27.1. The van der Waals surface area contributed by atoms with E-state index in [9.17, 15) is 13.2 Å². The van der Waals surface area contributed by atoms with Crippen molar-refractivity contribution in [3.8, 4) is 0 Å².